The Morgan fingerprint density at radius 3 is 2.96 bits per heavy atom. The smallest absolute Gasteiger partial charge is 0.319 e. The van der Waals surface area contributed by atoms with E-state index in [9.17, 15) is 18.3 Å². The number of rotatable bonds is 5. The Hall–Kier alpha value is -4.40. The van der Waals surface area contributed by atoms with Gasteiger partial charge in [-0.2, -0.15) is 9.97 Å². The quantitative estimate of drug-likeness (QED) is 0.286. The highest BCUT2D eigenvalue weighted by molar-refractivity contribution is 6.04. The van der Waals surface area contributed by atoms with Crippen molar-refractivity contribution in [1.82, 2.24) is 19.9 Å². The van der Waals surface area contributed by atoms with E-state index in [1.165, 1.54) is 18.2 Å². The summed E-state index contributed by atoms with van der Waals surface area (Å²) in [6.07, 6.45) is 9.47. The average molecular weight is 628 g/mol. The monoisotopic (exact) mass is 627 g/mol. The van der Waals surface area contributed by atoms with Gasteiger partial charge in [-0.1, -0.05) is 12.0 Å². The number of hydrogen-bond donors (Lipinski definition) is 1. The number of nitrogens with zero attached hydrogens (tertiary/aromatic N) is 5. The number of ether oxygens (including phenoxy) is 2. The predicted octanol–water partition coefficient (Wildman–Crippen LogP) is 5.62. The van der Waals surface area contributed by atoms with Gasteiger partial charge in [0.2, 0.25) is 0 Å². The maximum Gasteiger partial charge on any atom is 0.319 e. The first-order valence-electron chi connectivity index (χ1n) is 15.6. The lowest BCUT2D eigenvalue weighted by Gasteiger charge is -2.31. The molecule has 0 bridgehead atoms. The molecule has 8 rings (SSSR count). The van der Waals surface area contributed by atoms with Crippen LogP contribution in [0.1, 0.15) is 30.4 Å². The molecule has 11 heteroatoms. The summed E-state index contributed by atoms with van der Waals surface area (Å²) in [5, 5.41) is 12.2. The Labute approximate surface area is 263 Å². The second kappa shape index (κ2) is 10.9. The molecule has 0 spiro atoms. The zero-order valence-electron chi connectivity index (χ0n) is 25.3. The standard InChI is InChI=1S/C35H32F3N5O3/c1-3-23-27(37)6-5-21-11-22(44)12-24(28(21)23)30-19(2)31-25(15-39-30)33(43-9-10-45-17-26-29(38)32(26)43)41-34(40-31)46-18-35-7-4-8-42(35)16-20(13-35)14-36/h1,5-6,11-12,14-15,26,29,32,44H,4,7-10,13,16-18H2,2H3/b20-14+/t26-,29-,32-,35-/m0/s1. The zero-order valence-corrected chi connectivity index (χ0v) is 25.3. The SMILES string of the molecule is C#Cc1c(F)ccc2cc(O)cc(-c3ncc4c(N5CCOC[C@H]6[C@H](F)[C@H]65)nc(OC[C@@]56CCCN5C/C(=C/F)C6)nc4c3C)c12. The molecule has 0 radical (unpaired) electrons. The Balaban J connectivity index is 1.29. The van der Waals surface area contributed by atoms with Crippen molar-refractivity contribution in [1.29, 1.82) is 0 Å². The van der Waals surface area contributed by atoms with Crippen LogP contribution in [0.5, 0.6) is 11.8 Å². The molecule has 1 saturated carbocycles. The lowest BCUT2D eigenvalue weighted by atomic mass is 9.94. The first-order chi connectivity index (χ1) is 22.3. The van der Waals surface area contributed by atoms with Crippen molar-refractivity contribution in [2.75, 3.05) is 44.4 Å². The number of fused-ring (bicyclic) bond motifs is 4. The summed E-state index contributed by atoms with van der Waals surface area (Å²) in [5.74, 6) is 2.12. The molecule has 3 saturated heterocycles. The molecule has 4 atom stereocenters. The lowest BCUT2D eigenvalue weighted by Crippen LogP contribution is -2.43. The van der Waals surface area contributed by atoms with Crippen LogP contribution in [0, 0.1) is 31.0 Å². The molecule has 2 aromatic carbocycles. The van der Waals surface area contributed by atoms with Crippen LogP contribution < -0.4 is 9.64 Å². The fraction of sp³-hybridized carbons (Fsp3) is 0.400. The van der Waals surface area contributed by atoms with E-state index < -0.39 is 12.0 Å². The number of aromatic nitrogens is 3. The number of alkyl halides is 1. The minimum atomic E-state index is -1.05. The molecule has 0 amide bonds. The number of terminal acetylenes is 1. The van der Waals surface area contributed by atoms with Gasteiger partial charge in [-0.3, -0.25) is 9.88 Å². The molecule has 0 unspecified atom stereocenters. The number of hydrogen-bond acceptors (Lipinski definition) is 8. The fourth-order valence-corrected chi connectivity index (χ4v) is 7.83. The maximum atomic E-state index is 15.0. The number of phenols is 1. The van der Waals surface area contributed by atoms with Crippen LogP contribution in [-0.4, -0.2) is 82.2 Å². The van der Waals surface area contributed by atoms with E-state index in [4.69, 9.17) is 30.8 Å². The van der Waals surface area contributed by atoms with Gasteiger partial charge >= 0.3 is 6.01 Å². The fourth-order valence-electron chi connectivity index (χ4n) is 7.83. The third-order valence-corrected chi connectivity index (χ3v) is 10.2. The van der Waals surface area contributed by atoms with Gasteiger partial charge in [0.05, 0.1) is 53.3 Å². The summed E-state index contributed by atoms with van der Waals surface area (Å²) in [7, 11) is 0. The molecule has 236 valence electrons. The molecule has 5 heterocycles. The largest absolute Gasteiger partial charge is 0.508 e. The molecule has 4 aliphatic rings. The third kappa shape index (κ3) is 4.49. The summed E-state index contributed by atoms with van der Waals surface area (Å²) in [4.78, 5) is 18.7. The van der Waals surface area contributed by atoms with Crippen LogP contribution in [-0.2, 0) is 4.74 Å². The van der Waals surface area contributed by atoms with Crippen molar-refractivity contribution in [3.63, 3.8) is 0 Å². The molecule has 1 N–H and O–H groups in total. The van der Waals surface area contributed by atoms with Crippen LogP contribution in [0.3, 0.4) is 0 Å². The molecular weight excluding hydrogens is 595 g/mol. The molecule has 4 aromatic rings. The van der Waals surface area contributed by atoms with Crippen molar-refractivity contribution < 1.29 is 27.8 Å². The molecule has 4 fully saturated rings. The van der Waals surface area contributed by atoms with Crippen LogP contribution >= 0.6 is 0 Å². The van der Waals surface area contributed by atoms with Gasteiger partial charge in [0.25, 0.3) is 0 Å². The molecule has 2 aromatic heterocycles. The molecule has 8 nitrogen and oxygen atoms in total. The Morgan fingerprint density at radius 2 is 2.13 bits per heavy atom. The average Bonchev–Trinajstić information content (AvgIpc) is 3.41. The number of halogens is 3. The van der Waals surface area contributed by atoms with E-state index in [2.05, 4.69) is 10.8 Å². The van der Waals surface area contributed by atoms with Gasteiger partial charge in [-0.05, 0) is 61.9 Å². The minimum absolute atomic E-state index is 0.0252. The maximum absolute atomic E-state index is 15.0. The summed E-state index contributed by atoms with van der Waals surface area (Å²) in [6, 6.07) is 5.62. The predicted molar refractivity (Wildman–Crippen MR) is 168 cm³/mol. The summed E-state index contributed by atoms with van der Waals surface area (Å²) >= 11 is 0. The van der Waals surface area contributed by atoms with E-state index >= 15 is 0 Å². The van der Waals surface area contributed by atoms with E-state index in [0.29, 0.717) is 83.4 Å². The highest BCUT2D eigenvalue weighted by Crippen LogP contribution is 2.46. The van der Waals surface area contributed by atoms with Gasteiger partial charge in [0, 0.05) is 41.7 Å². The number of benzene rings is 2. The highest BCUT2D eigenvalue weighted by Gasteiger charge is 2.56. The second-order valence-corrected chi connectivity index (χ2v) is 12.8. The van der Waals surface area contributed by atoms with E-state index in [1.54, 1.807) is 12.3 Å². The van der Waals surface area contributed by atoms with Crippen LogP contribution in [0.4, 0.5) is 19.0 Å². The van der Waals surface area contributed by atoms with E-state index in [0.717, 1.165) is 25.0 Å². The van der Waals surface area contributed by atoms with Crippen LogP contribution in [0.15, 0.2) is 42.4 Å². The summed E-state index contributed by atoms with van der Waals surface area (Å²) in [5.41, 5.74) is 2.53. The number of aromatic hydroxyl groups is 1. The van der Waals surface area contributed by atoms with Gasteiger partial charge in [0.15, 0.2) is 0 Å². The molecular formula is C35H32F3N5O3. The minimum Gasteiger partial charge on any atom is -0.508 e. The first kappa shape index (κ1) is 29.0. The molecule has 3 aliphatic heterocycles. The number of pyridine rings is 1. The number of phenolic OH excluding ortho intramolecular Hbond substituents is 1. The summed E-state index contributed by atoms with van der Waals surface area (Å²) in [6.45, 7) is 4.74. The highest BCUT2D eigenvalue weighted by atomic mass is 19.1. The number of anilines is 1. The van der Waals surface area contributed by atoms with Crippen molar-refractivity contribution in [3.05, 3.63) is 59.3 Å². The topological polar surface area (TPSA) is 83.8 Å². The third-order valence-electron chi connectivity index (χ3n) is 10.2. The van der Waals surface area contributed by atoms with Gasteiger partial charge in [-0.25, -0.2) is 13.2 Å². The van der Waals surface area contributed by atoms with Crippen molar-refractivity contribution in [2.45, 2.75) is 43.9 Å². The second-order valence-electron chi connectivity index (χ2n) is 12.8. The zero-order chi connectivity index (χ0) is 31.7. The van der Waals surface area contributed by atoms with Crippen molar-refractivity contribution in [2.24, 2.45) is 5.92 Å². The lowest BCUT2D eigenvalue weighted by molar-refractivity contribution is 0.108. The van der Waals surface area contributed by atoms with Crippen molar-refractivity contribution >= 4 is 27.5 Å². The van der Waals surface area contributed by atoms with Gasteiger partial charge < -0.3 is 19.5 Å². The number of aryl methyl sites for hydroxylation is 1. The Kier molecular flexibility index (Phi) is 6.85. The van der Waals surface area contributed by atoms with Crippen LogP contribution in [0.25, 0.3) is 32.9 Å². The van der Waals surface area contributed by atoms with E-state index in [-0.39, 0.29) is 41.4 Å². The first-order valence-corrected chi connectivity index (χ1v) is 15.6. The Bertz CT molecular complexity index is 1980. The summed E-state index contributed by atoms with van der Waals surface area (Å²) < 4.78 is 55.5. The van der Waals surface area contributed by atoms with E-state index in [1.807, 2.05) is 11.8 Å². The Morgan fingerprint density at radius 1 is 1.26 bits per heavy atom. The molecule has 1 aliphatic carbocycles. The molecule has 46 heavy (non-hydrogen) atoms. The van der Waals surface area contributed by atoms with Crippen molar-refractivity contribution in [3.8, 4) is 35.4 Å². The van der Waals surface area contributed by atoms with Gasteiger partial charge in [0.1, 0.15) is 30.2 Å². The van der Waals surface area contributed by atoms with Crippen LogP contribution in [0.2, 0.25) is 0 Å². The normalized spacial score (nSPS) is 26.7. The van der Waals surface area contributed by atoms with Gasteiger partial charge in [-0.15, -0.1) is 6.42 Å².